The molecule has 1 heterocycles. The number of aromatic nitrogens is 2. The quantitative estimate of drug-likeness (QED) is 0.698. The Morgan fingerprint density at radius 1 is 1.04 bits per heavy atom. The molecule has 0 unspecified atom stereocenters. The minimum Gasteiger partial charge on any atom is -0.339 e. The van der Waals surface area contributed by atoms with E-state index in [-0.39, 0.29) is 11.4 Å². The van der Waals surface area contributed by atoms with Crippen LogP contribution in [-0.2, 0) is 6.18 Å². The molecule has 0 atom stereocenters. The van der Waals surface area contributed by atoms with Crippen molar-refractivity contribution in [1.29, 1.82) is 5.26 Å². The van der Waals surface area contributed by atoms with Crippen LogP contribution in [0, 0.1) is 11.3 Å². The second-order valence-electron chi connectivity index (χ2n) is 5.60. The average molecular weight is 383 g/mol. The van der Waals surface area contributed by atoms with E-state index in [1.807, 2.05) is 6.07 Å². The third kappa shape index (κ3) is 4.42. The molecule has 1 aromatic heterocycles. The van der Waals surface area contributed by atoms with Crippen LogP contribution in [0.4, 0.5) is 30.4 Å². The van der Waals surface area contributed by atoms with Crippen LogP contribution in [-0.4, -0.2) is 15.9 Å². The minimum atomic E-state index is -4.60. The highest BCUT2D eigenvalue weighted by molar-refractivity contribution is 6.03. The van der Waals surface area contributed by atoms with Crippen molar-refractivity contribution in [3.63, 3.8) is 0 Å². The lowest BCUT2D eigenvalue weighted by atomic mass is 10.1. The second-order valence-corrected chi connectivity index (χ2v) is 5.60. The van der Waals surface area contributed by atoms with Crippen molar-refractivity contribution in [3.05, 3.63) is 77.7 Å². The molecule has 3 aromatic rings. The molecule has 0 saturated carbocycles. The zero-order chi connectivity index (χ0) is 20.1. The van der Waals surface area contributed by atoms with Gasteiger partial charge in [0.15, 0.2) is 0 Å². The van der Waals surface area contributed by atoms with Crippen LogP contribution in [0.25, 0.3) is 0 Å². The first-order valence-corrected chi connectivity index (χ1v) is 7.93. The molecule has 0 aliphatic carbocycles. The number of nitrogens with zero attached hydrogens (tertiary/aromatic N) is 3. The van der Waals surface area contributed by atoms with Gasteiger partial charge in [-0.15, -0.1) is 0 Å². The van der Waals surface area contributed by atoms with Gasteiger partial charge in [0.1, 0.15) is 11.5 Å². The standard InChI is InChI=1S/C19H12F3N5O/c20-19(21,22)14-6-1-2-7-15(14)27-18(28)16-10-25-17(11-24-16)26-13-5-3-4-12(8-13)9-23/h1-8,10-11H,(H,25,26)(H,27,28). The highest BCUT2D eigenvalue weighted by atomic mass is 19.4. The Morgan fingerprint density at radius 3 is 2.50 bits per heavy atom. The van der Waals surface area contributed by atoms with Crippen molar-refractivity contribution >= 4 is 23.1 Å². The molecule has 9 heteroatoms. The number of hydrogen-bond acceptors (Lipinski definition) is 5. The Balaban J connectivity index is 1.73. The first kappa shape index (κ1) is 18.8. The van der Waals surface area contributed by atoms with E-state index in [1.54, 1.807) is 24.3 Å². The second kappa shape index (κ2) is 7.75. The molecule has 0 aliphatic rings. The first-order chi connectivity index (χ1) is 13.4. The van der Waals surface area contributed by atoms with Crippen molar-refractivity contribution in [2.24, 2.45) is 0 Å². The lowest BCUT2D eigenvalue weighted by molar-refractivity contribution is -0.136. The SMILES string of the molecule is N#Cc1cccc(Nc2cnc(C(=O)Nc3ccccc3C(F)(F)F)cn2)c1. The Hall–Kier alpha value is -3.93. The Kier molecular flexibility index (Phi) is 5.22. The first-order valence-electron chi connectivity index (χ1n) is 7.93. The van der Waals surface area contributed by atoms with Crippen molar-refractivity contribution in [1.82, 2.24) is 9.97 Å². The number of carbonyl (C=O) groups excluding carboxylic acids is 1. The number of carbonyl (C=O) groups is 1. The highest BCUT2D eigenvalue weighted by Gasteiger charge is 2.33. The summed E-state index contributed by atoms with van der Waals surface area (Å²) in [6, 6.07) is 13.3. The number of nitrogens with one attached hydrogen (secondary N) is 2. The molecule has 140 valence electrons. The van der Waals surface area contributed by atoms with Gasteiger partial charge in [-0.1, -0.05) is 18.2 Å². The number of alkyl halides is 3. The summed E-state index contributed by atoms with van der Waals surface area (Å²) >= 11 is 0. The van der Waals surface area contributed by atoms with E-state index in [2.05, 4.69) is 20.6 Å². The molecule has 3 rings (SSSR count). The van der Waals surface area contributed by atoms with Gasteiger partial charge in [0.05, 0.1) is 35.3 Å². The number of benzene rings is 2. The zero-order valence-corrected chi connectivity index (χ0v) is 14.2. The summed E-state index contributed by atoms with van der Waals surface area (Å²) in [5, 5.41) is 14.0. The molecule has 0 fully saturated rings. The zero-order valence-electron chi connectivity index (χ0n) is 14.2. The molecule has 0 saturated heterocycles. The summed E-state index contributed by atoms with van der Waals surface area (Å²) in [6.07, 6.45) is -2.19. The van der Waals surface area contributed by atoms with E-state index >= 15 is 0 Å². The number of halogens is 3. The largest absolute Gasteiger partial charge is 0.418 e. The Labute approximate surface area is 157 Å². The third-order valence-corrected chi connectivity index (χ3v) is 3.63. The van der Waals surface area contributed by atoms with E-state index in [1.165, 1.54) is 18.3 Å². The van der Waals surface area contributed by atoms with Gasteiger partial charge in [0.2, 0.25) is 0 Å². The fraction of sp³-hybridized carbons (Fsp3) is 0.0526. The van der Waals surface area contributed by atoms with Crippen LogP contribution in [0.1, 0.15) is 21.6 Å². The number of amides is 1. The predicted molar refractivity (Wildman–Crippen MR) is 95.9 cm³/mol. The predicted octanol–water partition coefficient (Wildman–Crippen LogP) is 4.36. The Morgan fingerprint density at radius 2 is 1.82 bits per heavy atom. The third-order valence-electron chi connectivity index (χ3n) is 3.63. The maximum atomic E-state index is 13.0. The van der Waals surface area contributed by atoms with Gasteiger partial charge in [-0.05, 0) is 30.3 Å². The van der Waals surface area contributed by atoms with Crippen molar-refractivity contribution in [2.75, 3.05) is 10.6 Å². The molecule has 2 aromatic carbocycles. The van der Waals surface area contributed by atoms with E-state index in [0.717, 1.165) is 18.3 Å². The van der Waals surface area contributed by atoms with Gasteiger partial charge >= 0.3 is 6.18 Å². The molecule has 0 bridgehead atoms. The van der Waals surface area contributed by atoms with Gasteiger partial charge in [-0.25, -0.2) is 9.97 Å². The number of para-hydroxylation sites is 1. The lowest BCUT2D eigenvalue weighted by Gasteiger charge is -2.13. The van der Waals surface area contributed by atoms with E-state index in [0.29, 0.717) is 17.1 Å². The van der Waals surface area contributed by atoms with Crippen molar-refractivity contribution in [2.45, 2.75) is 6.18 Å². The minimum absolute atomic E-state index is 0.145. The van der Waals surface area contributed by atoms with Crippen LogP contribution in [0.5, 0.6) is 0 Å². The van der Waals surface area contributed by atoms with Gasteiger partial charge in [0.25, 0.3) is 5.91 Å². The number of anilines is 3. The van der Waals surface area contributed by atoms with Gasteiger partial charge in [-0.3, -0.25) is 4.79 Å². The summed E-state index contributed by atoms with van der Waals surface area (Å²) in [6.45, 7) is 0. The van der Waals surface area contributed by atoms with Crippen LogP contribution in [0.3, 0.4) is 0 Å². The molecule has 1 amide bonds. The molecular weight excluding hydrogens is 371 g/mol. The normalized spacial score (nSPS) is 10.8. The topological polar surface area (TPSA) is 90.7 Å². The molecule has 0 spiro atoms. The summed E-state index contributed by atoms with van der Waals surface area (Å²) in [7, 11) is 0. The average Bonchev–Trinajstić information content (AvgIpc) is 2.68. The number of nitriles is 1. The maximum absolute atomic E-state index is 13.0. The van der Waals surface area contributed by atoms with Crippen LogP contribution in [0.15, 0.2) is 60.9 Å². The fourth-order valence-corrected chi connectivity index (χ4v) is 2.35. The van der Waals surface area contributed by atoms with Gasteiger partial charge in [-0.2, -0.15) is 18.4 Å². The monoisotopic (exact) mass is 383 g/mol. The van der Waals surface area contributed by atoms with E-state index in [9.17, 15) is 18.0 Å². The molecule has 2 N–H and O–H groups in total. The van der Waals surface area contributed by atoms with Gasteiger partial charge in [0, 0.05) is 5.69 Å². The lowest BCUT2D eigenvalue weighted by Crippen LogP contribution is -2.18. The molecule has 6 nitrogen and oxygen atoms in total. The summed E-state index contributed by atoms with van der Waals surface area (Å²) in [5.41, 5.74) is -0.403. The van der Waals surface area contributed by atoms with Crippen LogP contribution < -0.4 is 10.6 Å². The summed E-state index contributed by atoms with van der Waals surface area (Å²) in [4.78, 5) is 20.2. The summed E-state index contributed by atoms with van der Waals surface area (Å²) in [5.74, 6) is -0.510. The van der Waals surface area contributed by atoms with E-state index < -0.39 is 17.6 Å². The van der Waals surface area contributed by atoms with Gasteiger partial charge < -0.3 is 10.6 Å². The van der Waals surface area contributed by atoms with Crippen LogP contribution in [0.2, 0.25) is 0 Å². The molecule has 0 aliphatic heterocycles. The smallest absolute Gasteiger partial charge is 0.339 e. The highest BCUT2D eigenvalue weighted by Crippen LogP contribution is 2.34. The van der Waals surface area contributed by atoms with E-state index in [4.69, 9.17) is 5.26 Å². The van der Waals surface area contributed by atoms with Crippen molar-refractivity contribution in [3.8, 4) is 6.07 Å². The molecule has 0 radical (unpaired) electrons. The summed E-state index contributed by atoms with van der Waals surface area (Å²) < 4.78 is 39.0. The fourth-order valence-electron chi connectivity index (χ4n) is 2.35. The number of hydrogen-bond donors (Lipinski definition) is 2. The molecule has 28 heavy (non-hydrogen) atoms. The van der Waals surface area contributed by atoms with Crippen LogP contribution >= 0.6 is 0 Å². The maximum Gasteiger partial charge on any atom is 0.418 e. The number of rotatable bonds is 4. The molecular formula is C19H12F3N5O. The Bertz CT molecular complexity index is 1040. The van der Waals surface area contributed by atoms with Crippen molar-refractivity contribution < 1.29 is 18.0 Å².